The molecule has 1 heterocycles. The minimum atomic E-state index is 0.510. The van der Waals surface area contributed by atoms with Gasteiger partial charge in [0.15, 0.2) is 0 Å². The van der Waals surface area contributed by atoms with Crippen LogP contribution in [0.15, 0.2) is 0 Å². The number of hydrogen-bond donors (Lipinski definition) is 1. The molecule has 0 bridgehead atoms. The Hall–Kier alpha value is -0.0800. The van der Waals surface area contributed by atoms with E-state index in [1.165, 1.54) is 32.1 Å². The van der Waals surface area contributed by atoms with Crippen molar-refractivity contribution < 1.29 is 4.74 Å². The van der Waals surface area contributed by atoms with E-state index in [2.05, 4.69) is 12.4 Å². The first-order valence-electron chi connectivity index (χ1n) is 5.20. The highest BCUT2D eigenvalue weighted by molar-refractivity contribution is 4.91. The molecule has 1 aliphatic heterocycles. The van der Waals surface area contributed by atoms with Gasteiger partial charge in [-0.3, -0.25) is 0 Å². The second-order valence-electron chi connectivity index (χ2n) is 4.06. The van der Waals surface area contributed by atoms with E-state index in [0.717, 1.165) is 12.5 Å². The predicted octanol–water partition coefficient (Wildman–Crippen LogP) is 1.55. The second-order valence-corrected chi connectivity index (χ2v) is 4.06. The normalized spacial score (nSPS) is 33.2. The van der Waals surface area contributed by atoms with E-state index in [0.29, 0.717) is 12.1 Å². The van der Waals surface area contributed by atoms with Gasteiger partial charge >= 0.3 is 0 Å². The van der Waals surface area contributed by atoms with Gasteiger partial charge in [-0.2, -0.15) is 0 Å². The Balaban J connectivity index is 1.85. The van der Waals surface area contributed by atoms with Crippen molar-refractivity contribution in [1.29, 1.82) is 0 Å². The zero-order valence-corrected chi connectivity index (χ0v) is 7.88. The van der Waals surface area contributed by atoms with Crippen LogP contribution in [0.5, 0.6) is 0 Å². The first kappa shape index (κ1) is 8.52. The molecular weight excluding hydrogens is 150 g/mol. The number of ether oxygens (including phenoxy) is 1. The third-order valence-corrected chi connectivity index (χ3v) is 3.08. The van der Waals surface area contributed by atoms with Gasteiger partial charge in [0, 0.05) is 12.6 Å². The maximum atomic E-state index is 5.77. The van der Waals surface area contributed by atoms with Gasteiger partial charge < -0.3 is 10.1 Å². The van der Waals surface area contributed by atoms with Crippen molar-refractivity contribution in [3.8, 4) is 0 Å². The smallest absolute Gasteiger partial charge is 0.0730 e. The molecule has 2 unspecified atom stereocenters. The van der Waals surface area contributed by atoms with Crippen LogP contribution < -0.4 is 5.32 Å². The minimum Gasteiger partial charge on any atom is -0.377 e. The molecule has 1 saturated carbocycles. The van der Waals surface area contributed by atoms with Crippen LogP contribution in [0.3, 0.4) is 0 Å². The quantitative estimate of drug-likeness (QED) is 0.692. The van der Waals surface area contributed by atoms with E-state index >= 15 is 0 Å². The lowest BCUT2D eigenvalue weighted by atomic mass is 9.99. The molecule has 1 aliphatic carbocycles. The number of likely N-dealkylation sites (N-methyl/N-ethyl adjacent to an activating group) is 1. The second kappa shape index (κ2) is 3.75. The maximum absolute atomic E-state index is 5.77. The van der Waals surface area contributed by atoms with E-state index in [9.17, 15) is 0 Å². The predicted molar refractivity (Wildman–Crippen MR) is 49.2 cm³/mol. The number of hydrogen-bond acceptors (Lipinski definition) is 2. The molecule has 70 valence electrons. The molecule has 2 aliphatic rings. The van der Waals surface area contributed by atoms with Crippen LogP contribution in [0.4, 0.5) is 0 Å². The number of nitrogens with one attached hydrogen (secondary N) is 1. The van der Waals surface area contributed by atoms with Crippen LogP contribution in [0.2, 0.25) is 0 Å². The highest BCUT2D eigenvalue weighted by Gasteiger charge is 2.36. The summed E-state index contributed by atoms with van der Waals surface area (Å²) in [6, 6.07) is 0.644. The molecule has 0 aromatic carbocycles. The van der Waals surface area contributed by atoms with E-state index in [-0.39, 0.29) is 0 Å². The van der Waals surface area contributed by atoms with Crippen LogP contribution in [0.1, 0.15) is 32.1 Å². The van der Waals surface area contributed by atoms with Crippen LogP contribution >= 0.6 is 0 Å². The lowest BCUT2D eigenvalue weighted by molar-refractivity contribution is -0.0107. The van der Waals surface area contributed by atoms with Gasteiger partial charge in [-0.05, 0) is 45.1 Å². The summed E-state index contributed by atoms with van der Waals surface area (Å²) in [6.45, 7) is 0.982. The average molecular weight is 169 g/mol. The monoisotopic (exact) mass is 169 g/mol. The average Bonchev–Trinajstić information content (AvgIpc) is 2.92. The van der Waals surface area contributed by atoms with Crippen molar-refractivity contribution in [1.82, 2.24) is 5.32 Å². The SMILES string of the molecule is CNC(C1CC1)C1CCCCO1. The third kappa shape index (κ3) is 1.80. The highest BCUT2D eigenvalue weighted by Crippen LogP contribution is 2.36. The van der Waals surface area contributed by atoms with Crippen molar-refractivity contribution in [2.45, 2.75) is 44.2 Å². The van der Waals surface area contributed by atoms with Gasteiger partial charge in [0.1, 0.15) is 0 Å². The Bertz CT molecular complexity index is 139. The highest BCUT2D eigenvalue weighted by atomic mass is 16.5. The summed E-state index contributed by atoms with van der Waals surface area (Å²) in [4.78, 5) is 0. The topological polar surface area (TPSA) is 21.3 Å². The number of rotatable bonds is 3. The standard InChI is InChI=1S/C10H19NO/c1-11-10(8-5-6-8)9-4-2-3-7-12-9/h8-11H,2-7H2,1H3. The third-order valence-electron chi connectivity index (χ3n) is 3.08. The van der Waals surface area contributed by atoms with Gasteiger partial charge in [0.05, 0.1) is 6.10 Å². The zero-order chi connectivity index (χ0) is 8.39. The molecule has 2 rings (SSSR count). The van der Waals surface area contributed by atoms with Crippen molar-refractivity contribution in [2.75, 3.05) is 13.7 Å². The molecular formula is C10H19NO. The van der Waals surface area contributed by atoms with Crippen molar-refractivity contribution in [2.24, 2.45) is 5.92 Å². The van der Waals surface area contributed by atoms with Crippen LogP contribution in [0, 0.1) is 5.92 Å². The Kier molecular flexibility index (Phi) is 2.66. The molecule has 0 aromatic heterocycles. The fourth-order valence-corrected chi connectivity index (χ4v) is 2.23. The van der Waals surface area contributed by atoms with Gasteiger partial charge in [-0.25, -0.2) is 0 Å². The Morgan fingerprint density at radius 2 is 2.08 bits per heavy atom. The summed E-state index contributed by atoms with van der Waals surface area (Å²) in [7, 11) is 2.07. The molecule has 0 aromatic rings. The lowest BCUT2D eigenvalue weighted by Gasteiger charge is -2.30. The molecule has 2 nitrogen and oxygen atoms in total. The van der Waals surface area contributed by atoms with Gasteiger partial charge in [0.2, 0.25) is 0 Å². The van der Waals surface area contributed by atoms with Crippen molar-refractivity contribution in [3.63, 3.8) is 0 Å². The molecule has 2 atom stereocenters. The van der Waals surface area contributed by atoms with E-state index in [1.54, 1.807) is 0 Å². The maximum Gasteiger partial charge on any atom is 0.0730 e. The fraction of sp³-hybridized carbons (Fsp3) is 1.00. The Labute approximate surface area is 74.7 Å². The zero-order valence-electron chi connectivity index (χ0n) is 7.88. The van der Waals surface area contributed by atoms with Gasteiger partial charge in [-0.1, -0.05) is 0 Å². The summed E-state index contributed by atoms with van der Waals surface area (Å²) in [5.74, 6) is 0.915. The molecule has 2 fully saturated rings. The lowest BCUT2D eigenvalue weighted by Crippen LogP contribution is -2.42. The molecule has 0 amide bonds. The largest absolute Gasteiger partial charge is 0.377 e. The Morgan fingerprint density at radius 1 is 1.25 bits per heavy atom. The molecule has 12 heavy (non-hydrogen) atoms. The molecule has 1 saturated heterocycles. The first-order chi connectivity index (χ1) is 5.92. The Morgan fingerprint density at radius 3 is 2.58 bits per heavy atom. The summed E-state index contributed by atoms with van der Waals surface area (Å²) in [6.07, 6.45) is 7.21. The first-order valence-corrected chi connectivity index (χ1v) is 5.20. The van der Waals surface area contributed by atoms with Crippen LogP contribution in [0.25, 0.3) is 0 Å². The van der Waals surface area contributed by atoms with Crippen molar-refractivity contribution >= 4 is 0 Å². The molecule has 2 heteroatoms. The molecule has 1 N–H and O–H groups in total. The summed E-state index contributed by atoms with van der Waals surface area (Å²) in [5, 5.41) is 3.41. The van der Waals surface area contributed by atoms with E-state index < -0.39 is 0 Å². The van der Waals surface area contributed by atoms with Gasteiger partial charge in [0.25, 0.3) is 0 Å². The van der Waals surface area contributed by atoms with Crippen LogP contribution in [-0.2, 0) is 4.74 Å². The summed E-state index contributed by atoms with van der Waals surface area (Å²) in [5.41, 5.74) is 0. The van der Waals surface area contributed by atoms with Crippen LogP contribution in [-0.4, -0.2) is 25.8 Å². The van der Waals surface area contributed by atoms with Crippen molar-refractivity contribution in [3.05, 3.63) is 0 Å². The molecule has 0 spiro atoms. The van der Waals surface area contributed by atoms with E-state index in [1.807, 2.05) is 0 Å². The summed E-state index contributed by atoms with van der Waals surface area (Å²) >= 11 is 0. The fourth-order valence-electron chi connectivity index (χ4n) is 2.23. The molecule has 0 radical (unpaired) electrons. The summed E-state index contributed by atoms with van der Waals surface area (Å²) < 4.78 is 5.77. The van der Waals surface area contributed by atoms with Gasteiger partial charge in [-0.15, -0.1) is 0 Å². The van der Waals surface area contributed by atoms with E-state index in [4.69, 9.17) is 4.74 Å². The minimum absolute atomic E-state index is 0.510.